The number of amides is 2. The minimum Gasteiger partial charge on any atom is -0.496 e. The predicted molar refractivity (Wildman–Crippen MR) is 104 cm³/mol. The summed E-state index contributed by atoms with van der Waals surface area (Å²) in [5.74, 6) is 1.18. The summed E-state index contributed by atoms with van der Waals surface area (Å²) >= 11 is 0. The first-order valence-corrected chi connectivity index (χ1v) is 9.41. The second-order valence-electron chi connectivity index (χ2n) is 6.79. The van der Waals surface area contributed by atoms with Crippen LogP contribution in [0.3, 0.4) is 0 Å². The number of likely N-dealkylation sites (tertiary alicyclic amines) is 1. The smallest absolute Gasteiger partial charge is 0.318 e. The molecule has 2 amide bonds. The van der Waals surface area contributed by atoms with Crippen molar-refractivity contribution in [3.05, 3.63) is 65.8 Å². The van der Waals surface area contributed by atoms with Gasteiger partial charge in [-0.25, -0.2) is 9.18 Å². The lowest BCUT2D eigenvalue weighted by atomic mass is 10.2. The molecule has 4 rings (SSSR count). The van der Waals surface area contributed by atoms with E-state index in [1.54, 1.807) is 24.1 Å². The number of nitrogens with one attached hydrogen (secondary N) is 1. The molecule has 8 heteroatoms. The van der Waals surface area contributed by atoms with Crippen molar-refractivity contribution in [2.45, 2.75) is 25.4 Å². The summed E-state index contributed by atoms with van der Waals surface area (Å²) in [6.07, 6.45) is 1.60. The Kier molecular flexibility index (Phi) is 5.41. The third-order valence-corrected chi connectivity index (χ3v) is 4.95. The van der Waals surface area contributed by atoms with Crippen LogP contribution in [-0.4, -0.2) is 34.7 Å². The number of aromatic nitrogens is 2. The third kappa shape index (κ3) is 4.06. The van der Waals surface area contributed by atoms with E-state index in [2.05, 4.69) is 15.5 Å². The Balaban J connectivity index is 1.46. The van der Waals surface area contributed by atoms with Gasteiger partial charge in [-0.2, -0.15) is 4.98 Å². The molecule has 1 N–H and O–H groups in total. The lowest BCUT2D eigenvalue weighted by molar-refractivity contribution is 0.180. The summed E-state index contributed by atoms with van der Waals surface area (Å²) in [6.45, 7) is 0.922. The molecular formula is C21H21FN4O3. The van der Waals surface area contributed by atoms with E-state index in [1.165, 1.54) is 12.1 Å². The van der Waals surface area contributed by atoms with Gasteiger partial charge in [-0.1, -0.05) is 29.4 Å². The van der Waals surface area contributed by atoms with Crippen LogP contribution < -0.4 is 10.1 Å². The summed E-state index contributed by atoms with van der Waals surface area (Å²) < 4.78 is 23.9. The highest BCUT2D eigenvalue weighted by Gasteiger charge is 2.34. The van der Waals surface area contributed by atoms with Crippen LogP contribution in [0.15, 0.2) is 53.1 Å². The number of hydrogen-bond acceptors (Lipinski definition) is 5. The number of carbonyl (C=O) groups is 1. The topological polar surface area (TPSA) is 80.5 Å². The molecule has 2 heterocycles. The molecule has 1 aliphatic rings. The highest BCUT2D eigenvalue weighted by atomic mass is 19.1. The van der Waals surface area contributed by atoms with Crippen molar-refractivity contribution >= 4 is 6.03 Å². The monoisotopic (exact) mass is 396 g/mol. The second-order valence-corrected chi connectivity index (χ2v) is 6.79. The van der Waals surface area contributed by atoms with Gasteiger partial charge in [-0.05, 0) is 42.7 Å². The van der Waals surface area contributed by atoms with Crippen LogP contribution in [-0.2, 0) is 6.54 Å². The van der Waals surface area contributed by atoms with E-state index in [0.717, 1.165) is 24.0 Å². The zero-order chi connectivity index (χ0) is 20.2. The fourth-order valence-corrected chi connectivity index (χ4v) is 3.46. The van der Waals surface area contributed by atoms with Crippen LogP contribution >= 0.6 is 0 Å². The number of benzene rings is 2. The van der Waals surface area contributed by atoms with Crippen molar-refractivity contribution in [2.75, 3.05) is 13.7 Å². The number of ether oxygens (including phenoxy) is 1. The zero-order valence-corrected chi connectivity index (χ0v) is 16.0. The quantitative estimate of drug-likeness (QED) is 0.707. The average molecular weight is 396 g/mol. The summed E-state index contributed by atoms with van der Waals surface area (Å²) in [5, 5.41) is 6.95. The number of halogens is 1. The molecule has 0 spiro atoms. The van der Waals surface area contributed by atoms with Gasteiger partial charge in [0, 0.05) is 13.1 Å². The molecule has 1 aromatic heterocycles. The van der Waals surface area contributed by atoms with Crippen molar-refractivity contribution in [3.8, 4) is 17.1 Å². The summed E-state index contributed by atoms with van der Waals surface area (Å²) in [7, 11) is 1.59. The third-order valence-electron chi connectivity index (χ3n) is 4.95. The molecule has 3 aromatic rings. The Morgan fingerprint density at radius 1 is 1.28 bits per heavy atom. The van der Waals surface area contributed by atoms with E-state index in [4.69, 9.17) is 9.26 Å². The van der Waals surface area contributed by atoms with E-state index in [9.17, 15) is 9.18 Å². The molecule has 7 nitrogen and oxygen atoms in total. The molecule has 1 fully saturated rings. The number of nitrogens with zero attached hydrogens (tertiary/aromatic N) is 3. The Morgan fingerprint density at radius 2 is 2.07 bits per heavy atom. The molecular weight excluding hydrogens is 375 g/mol. The maximum Gasteiger partial charge on any atom is 0.318 e. The SMILES string of the molecule is COc1ccccc1-c1noc([C@@H]2CCCN2C(=O)NCc2ccc(F)cc2)n1. The molecule has 0 bridgehead atoms. The molecule has 150 valence electrons. The van der Waals surface area contributed by atoms with Crippen LogP contribution in [0.1, 0.15) is 30.3 Å². The first kappa shape index (κ1) is 18.9. The second kappa shape index (κ2) is 8.30. The highest BCUT2D eigenvalue weighted by molar-refractivity contribution is 5.75. The lowest BCUT2D eigenvalue weighted by Gasteiger charge is -2.22. The summed E-state index contributed by atoms with van der Waals surface area (Å²) in [6, 6.07) is 13.0. The number of hydrogen-bond donors (Lipinski definition) is 1. The lowest BCUT2D eigenvalue weighted by Crippen LogP contribution is -2.39. The molecule has 0 aliphatic carbocycles. The standard InChI is InChI=1S/C21H21FN4O3/c1-28-18-7-3-2-5-16(18)19-24-20(29-25-19)17-6-4-12-26(17)21(27)23-13-14-8-10-15(22)11-9-14/h2-3,5,7-11,17H,4,6,12-13H2,1H3,(H,23,27)/t17-/m0/s1. The molecule has 2 aromatic carbocycles. The Morgan fingerprint density at radius 3 is 2.86 bits per heavy atom. The molecule has 1 atom stereocenters. The Bertz CT molecular complexity index is 990. The van der Waals surface area contributed by atoms with Gasteiger partial charge in [0.05, 0.1) is 12.7 Å². The van der Waals surface area contributed by atoms with Crippen molar-refractivity contribution in [1.82, 2.24) is 20.4 Å². The maximum absolute atomic E-state index is 13.0. The number of urea groups is 1. The van der Waals surface area contributed by atoms with E-state index in [0.29, 0.717) is 30.6 Å². The maximum atomic E-state index is 13.0. The van der Waals surface area contributed by atoms with Gasteiger partial charge in [0.25, 0.3) is 0 Å². The van der Waals surface area contributed by atoms with Gasteiger partial charge in [0.2, 0.25) is 11.7 Å². The fraction of sp³-hybridized carbons (Fsp3) is 0.286. The minimum absolute atomic E-state index is 0.214. The van der Waals surface area contributed by atoms with Crippen LogP contribution in [0, 0.1) is 5.82 Å². The number of carbonyl (C=O) groups excluding carboxylic acids is 1. The van der Waals surface area contributed by atoms with Gasteiger partial charge in [0.1, 0.15) is 17.6 Å². The van der Waals surface area contributed by atoms with Crippen LogP contribution in [0.25, 0.3) is 11.4 Å². The largest absolute Gasteiger partial charge is 0.496 e. The Labute approximate surface area is 167 Å². The van der Waals surface area contributed by atoms with Gasteiger partial charge in [0.15, 0.2) is 0 Å². The van der Waals surface area contributed by atoms with Gasteiger partial charge < -0.3 is 19.5 Å². The van der Waals surface area contributed by atoms with Crippen molar-refractivity contribution in [3.63, 3.8) is 0 Å². The van der Waals surface area contributed by atoms with Gasteiger partial charge in [-0.3, -0.25) is 0 Å². The normalized spacial score (nSPS) is 16.1. The Hall–Kier alpha value is -3.42. The van der Waals surface area contributed by atoms with E-state index in [1.807, 2.05) is 24.3 Å². The molecule has 29 heavy (non-hydrogen) atoms. The minimum atomic E-state index is -0.304. The molecule has 0 unspecified atom stereocenters. The van der Waals surface area contributed by atoms with Gasteiger partial charge >= 0.3 is 6.03 Å². The molecule has 0 saturated carbocycles. The number of para-hydroxylation sites is 1. The number of rotatable bonds is 5. The van der Waals surface area contributed by atoms with E-state index < -0.39 is 0 Å². The summed E-state index contributed by atoms with van der Waals surface area (Å²) in [5.41, 5.74) is 1.56. The van der Waals surface area contributed by atoms with Crippen molar-refractivity contribution in [2.24, 2.45) is 0 Å². The average Bonchev–Trinajstić information content (AvgIpc) is 3.42. The zero-order valence-electron chi connectivity index (χ0n) is 16.0. The van der Waals surface area contributed by atoms with Gasteiger partial charge in [-0.15, -0.1) is 0 Å². The first-order valence-electron chi connectivity index (χ1n) is 9.41. The molecule has 1 aliphatic heterocycles. The van der Waals surface area contributed by atoms with Crippen molar-refractivity contribution in [1.29, 1.82) is 0 Å². The molecule has 0 radical (unpaired) electrons. The first-order chi connectivity index (χ1) is 14.2. The fourth-order valence-electron chi connectivity index (χ4n) is 3.46. The van der Waals surface area contributed by atoms with E-state index in [-0.39, 0.29) is 17.9 Å². The van der Waals surface area contributed by atoms with Crippen LogP contribution in [0.2, 0.25) is 0 Å². The van der Waals surface area contributed by atoms with Crippen LogP contribution in [0.5, 0.6) is 5.75 Å². The highest BCUT2D eigenvalue weighted by Crippen LogP contribution is 2.33. The summed E-state index contributed by atoms with van der Waals surface area (Å²) in [4.78, 5) is 18.9. The molecule has 1 saturated heterocycles. The van der Waals surface area contributed by atoms with Crippen LogP contribution in [0.4, 0.5) is 9.18 Å². The number of methoxy groups -OCH3 is 1. The van der Waals surface area contributed by atoms with E-state index >= 15 is 0 Å². The van der Waals surface area contributed by atoms with Crippen molar-refractivity contribution < 1.29 is 18.4 Å². The predicted octanol–water partition coefficient (Wildman–Crippen LogP) is 3.93.